The van der Waals surface area contributed by atoms with Gasteiger partial charge in [0.25, 0.3) is 15.9 Å². The second-order valence-corrected chi connectivity index (χ2v) is 7.61. The summed E-state index contributed by atoms with van der Waals surface area (Å²) in [6, 6.07) is 14.3. The van der Waals surface area contributed by atoms with E-state index in [4.69, 9.17) is 4.74 Å². The van der Waals surface area contributed by atoms with Crippen molar-refractivity contribution in [3.63, 3.8) is 0 Å². The molecule has 0 saturated carbocycles. The number of ether oxygens (including phenoxy) is 1. The minimum Gasteiger partial charge on any atom is -0.492 e. The highest BCUT2D eigenvalue weighted by Crippen LogP contribution is 2.16. The molecule has 0 atom stereocenters. The summed E-state index contributed by atoms with van der Waals surface area (Å²) in [6.07, 6.45) is 2.95. The van der Waals surface area contributed by atoms with E-state index in [1.807, 2.05) is 0 Å². The Morgan fingerprint density at radius 2 is 1.76 bits per heavy atom. The zero-order valence-corrected chi connectivity index (χ0v) is 16.0. The molecule has 1 heterocycles. The quantitative estimate of drug-likeness (QED) is 0.552. The number of hydrogen-bond acceptors (Lipinski definition) is 5. The average molecular weight is 415 g/mol. The molecular formula is C20H18FN3O4S. The van der Waals surface area contributed by atoms with Gasteiger partial charge in [0.1, 0.15) is 18.2 Å². The molecule has 150 valence electrons. The zero-order valence-electron chi connectivity index (χ0n) is 15.2. The van der Waals surface area contributed by atoms with E-state index in [0.717, 1.165) is 0 Å². The number of halogens is 1. The molecule has 0 aliphatic rings. The smallest absolute Gasteiger partial charge is 0.261 e. The topological polar surface area (TPSA) is 97.4 Å². The molecule has 0 spiro atoms. The van der Waals surface area contributed by atoms with Crippen molar-refractivity contribution in [3.05, 3.63) is 84.4 Å². The van der Waals surface area contributed by atoms with Gasteiger partial charge in [0.2, 0.25) is 0 Å². The number of rotatable bonds is 8. The molecule has 29 heavy (non-hydrogen) atoms. The summed E-state index contributed by atoms with van der Waals surface area (Å²) in [5.41, 5.74) is 0.693. The molecule has 0 aliphatic carbocycles. The van der Waals surface area contributed by atoms with Crippen LogP contribution in [0.1, 0.15) is 10.4 Å². The SMILES string of the molecule is O=C(NCCOc1cccc(F)c1)c1ccc(S(=O)(=O)Nc2ccncc2)cc1. The van der Waals surface area contributed by atoms with Gasteiger partial charge in [0.15, 0.2) is 0 Å². The lowest BCUT2D eigenvalue weighted by molar-refractivity contribution is 0.0947. The van der Waals surface area contributed by atoms with Crippen LogP contribution in [0.5, 0.6) is 5.75 Å². The molecule has 2 aromatic carbocycles. The van der Waals surface area contributed by atoms with Crippen LogP contribution in [0.2, 0.25) is 0 Å². The minimum absolute atomic E-state index is 0.0281. The number of carbonyl (C=O) groups excluding carboxylic acids is 1. The normalized spacial score (nSPS) is 10.9. The number of aromatic nitrogens is 1. The van der Waals surface area contributed by atoms with E-state index in [9.17, 15) is 17.6 Å². The lowest BCUT2D eigenvalue weighted by Gasteiger charge is -2.10. The molecule has 0 radical (unpaired) electrons. The predicted octanol–water partition coefficient (Wildman–Crippen LogP) is 2.83. The maximum absolute atomic E-state index is 13.1. The van der Waals surface area contributed by atoms with E-state index in [0.29, 0.717) is 17.0 Å². The van der Waals surface area contributed by atoms with E-state index in [-0.39, 0.29) is 24.0 Å². The molecule has 0 bridgehead atoms. The Hall–Kier alpha value is -3.46. The van der Waals surface area contributed by atoms with Gasteiger partial charge in [-0.15, -0.1) is 0 Å². The Bertz CT molecular complexity index is 1070. The van der Waals surface area contributed by atoms with Gasteiger partial charge < -0.3 is 10.1 Å². The summed E-state index contributed by atoms with van der Waals surface area (Å²) < 4.78 is 45.6. The Balaban J connectivity index is 1.53. The molecule has 2 N–H and O–H groups in total. The largest absolute Gasteiger partial charge is 0.492 e. The Morgan fingerprint density at radius 3 is 2.45 bits per heavy atom. The zero-order chi connectivity index (χ0) is 20.7. The van der Waals surface area contributed by atoms with Gasteiger partial charge >= 0.3 is 0 Å². The second-order valence-electron chi connectivity index (χ2n) is 5.93. The molecule has 0 aliphatic heterocycles. The van der Waals surface area contributed by atoms with Crippen molar-refractivity contribution in [2.24, 2.45) is 0 Å². The van der Waals surface area contributed by atoms with Crippen LogP contribution in [0.4, 0.5) is 10.1 Å². The first-order valence-corrected chi connectivity index (χ1v) is 10.1. The van der Waals surface area contributed by atoms with Gasteiger partial charge in [-0.1, -0.05) is 6.07 Å². The maximum atomic E-state index is 13.1. The molecule has 3 rings (SSSR count). The van der Waals surface area contributed by atoms with Gasteiger partial charge in [0.05, 0.1) is 17.1 Å². The monoisotopic (exact) mass is 415 g/mol. The van der Waals surface area contributed by atoms with Crippen molar-refractivity contribution >= 4 is 21.6 Å². The standard InChI is InChI=1S/C20H18FN3O4S/c21-16-2-1-3-18(14-16)28-13-12-23-20(25)15-4-6-19(7-5-15)29(26,27)24-17-8-10-22-11-9-17/h1-11,14H,12-13H2,(H,22,24)(H,23,25). The fourth-order valence-corrected chi connectivity index (χ4v) is 3.47. The van der Waals surface area contributed by atoms with Crippen molar-refractivity contribution in [3.8, 4) is 5.75 Å². The Labute approximate surface area is 167 Å². The number of carbonyl (C=O) groups is 1. The number of nitrogens with one attached hydrogen (secondary N) is 2. The van der Waals surface area contributed by atoms with Crippen molar-refractivity contribution in [2.75, 3.05) is 17.9 Å². The molecule has 7 nitrogen and oxygen atoms in total. The van der Waals surface area contributed by atoms with E-state index in [2.05, 4.69) is 15.0 Å². The fourth-order valence-electron chi connectivity index (χ4n) is 2.41. The molecule has 3 aromatic rings. The van der Waals surface area contributed by atoms with E-state index in [1.165, 1.54) is 67.0 Å². The van der Waals surface area contributed by atoms with Crippen LogP contribution in [0.3, 0.4) is 0 Å². The number of benzene rings is 2. The minimum atomic E-state index is -3.77. The number of nitrogens with zero attached hydrogens (tertiary/aromatic N) is 1. The number of anilines is 1. The van der Waals surface area contributed by atoms with E-state index < -0.39 is 15.8 Å². The summed E-state index contributed by atoms with van der Waals surface area (Å²) in [4.78, 5) is 16.0. The van der Waals surface area contributed by atoms with Crippen LogP contribution in [0.25, 0.3) is 0 Å². The lowest BCUT2D eigenvalue weighted by Crippen LogP contribution is -2.28. The van der Waals surface area contributed by atoms with Crippen LogP contribution in [0, 0.1) is 5.82 Å². The van der Waals surface area contributed by atoms with Crippen LogP contribution >= 0.6 is 0 Å². The third-order valence-electron chi connectivity index (χ3n) is 3.81. The van der Waals surface area contributed by atoms with Crippen molar-refractivity contribution in [2.45, 2.75) is 4.90 Å². The molecule has 0 fully saturated rings. The van der Waals surface area contributed by atoms with Gasteiger partial charge in [-0.05, 0) is 48.5 Å². The number of hydrogen-bond donors (Lipinski definition) is 2. The van der Waals surface area contributed by atoms with Crippen molar-refractivity contribution in [1.82, 2.24) is 10.3 Å². The molecular weight excluding hydrogens is 397 g/mol. The van der Waals surface area contributed by atoms with Crippen LogP contribution < -0.4 is 14.8 Å². The maximum Gasteiger partial charge on any atom is 0.261 e. The second kappa shape index (κ2) is 9.16. The van der Waals surface area contributed by atoms with E-state index >= 15 is 0 Å². The van der Waals surface area contributed by atoms with Crippen molar-refractivity contribution in [1.29, 1.82) is 0 Å². The fraction of sp³-hybridized carbons (Fsp3) is 0.100. The van der Waals surface area contributed by atoms with E-state index in [1.54, 1.807) is 6.07 Å². The molecule has 1 amide bonds. The molecule has 0 saturated heterocycles. The highest BCUT2D eigenvalue weighted by molar-refractivity contribution is 7.92. The van der Waals surface area contributed by atoms with Crippen LogP contribution in [0.15, 0.2) is 78.0 Å². The predicted molar refractivity (Wildman–Crippen MR) is 106 cm³/mol. The molecule has 0 unspecified atom stereocenters. The molecule has 9 heteroatoms. The summed E-state index contributed by atoms with van der Waals surface area (Å²) in [6.45, 7) is 0.372. The highest BCUT2D eigenvalue weighted by atomic mass is 32.2. The summed E-state index contributed by atoms with van der Waals surface area (Å²) >= 11 is 0. The lowest BCUT2D eigenvalue weighted by atomic mass is 10.2. The first-order chi connectivity index (χ1) is 13.9. The van der Waals surface area contributed by atoms with Crippen LogP contribution in [-0.2, 0) is 10.0 Å². The van der Waals surface area contributed by atoms with Gasteiger partial charge in [-0.3, -0.25) is 14.5 Å². The third-order valence-corrected chi connectivity index (χ3v) is 5.21. The molecule has 1 aromatic heterocycles. The van der Waals surface area contributed by atoms with Crippen LogP contribution in [-0.4, -0.2) is 32.5 Å². The van der Waals surface area contributed by atoms with Crippen molar-refractivity contribution < 1.29 is 22.3 Å². The third kappa shape index (κ3) is 5.76. The number of pyridine rings is 1. The first kappa shape index (κ1) is 20.3. The summed E-state index contributed by atoms with van der Waals surface area (Å²) in [5.74, 6) is -0.408. The highest BCUT2D eigenvalue weighted by Gasteiger charge is 2.15. The van der Waals surface area contributed by atoms with Gasteiger partial charge in [-0.2, -0.15) is 0 Å². The van der Waals surface area contributed by atoms with Gasteiger partial charge in [0, 0.05) is 24.0 Å². The first-order valence-electron chi connectivity index (χ1n) is 8.63. The Kier molecular flexibility index (Phi) is 6.40. The average Bonchev–Trinajstić information content (AvgIpc) is 2.72. The number of amides is 1. The number of sulfonamides is 1. The Morgan fingerprint density at radius 1 is 1.03 bits per heavy atom. The summed E-state index contributed by atoms with van der Waals surface area (Å²) in [5, 5.41) is 2.65. The summed E-state index contributed by atoms with van der Waals surface area (Å²) in [7, 11) is -3.77. The van der Waals surface area contributed by atoms with Gasteiger partial charge in [-0.25, -0.2) is 12.8 Å².